The number of nitrogens with zero attached hydrogens (tertiary/aromatic N) is 1. The highest BCUT2D eigenvalue weighted by atomic mass is 32.2. The first-order valence-electron chi connectivity index (χ1n) is 14.4. The highest BCUT2D eigenvalue weighted by Crippen LogP contribution is 2.58. The molecule has 1 nitrogen and oxygen atoms in total. The molecule has 6 aromatic carbocycles. The molecule has 9 rings (SSSR count). The molecule has 3 heteroatoms. The van der Waals surface area contributed by atoms with E-state index in [0.29, 0.717) is 0 Å². The fraction of sp³-hybridized carbons (Fsp3) is 0.0769. The van der Waals surface area contributed by atoms with Crippen LogP contribution >= 0.6 is 23.5 Å². The van der Waals surface area contributed by atoms with Gasteiger partial charge in [-0.25, -0.2) is 0 Å². The van der Waals surface area contributed by atoms with Crippen LogP contribution in [-0.4, -0.2) is 4.57 Å². The van der Waals surface area contributed by atoms with Crippen molar-refractivity contribution in [1.29, 1.82) is 0 Å². The summed E-state index contributed by atoms with van der Waals surface area (Å²) < 4.78 is 2.38. The Morgan fingerprint density at radius 2 is 1.19 bits per heavy atom. The normalized spacial score (nSPS) is 14.4. The lowest BCUT2D eigenvalue weighted by Crippen LogP contribution is -2.17. The molecule has 2 heterocycles. The van der Waals surface area contributed by atoms with Crippen molar-refractivity contribution in [2.75, 3.05) is 0 Å². The molecule has 0 amide bonds. The van der Waals surface area contributed by atoms with Crippen molar-refractivity contribution in [1.82, 2.24) is 4.57 Å². The third-order valence-corrected chi connectivity index (χ3v) is 11.6. The molecule has 42 heavy (non-hydrogen) atoms. The summed E-state index contributed by atoms with van der Waals surface area (Å²) in [5, 5.41) is 2.57. The molecule has 200 valence electrons. The molecule has 0 saturated heterocycles. The lowest BCUT2D eigenvalue weighted by Gasteiger charge is -2.28. The van der Waals surface area contributed by atoms with Gasteiger partial charge in [0.1, 0.15) is 0 Å². The SMILES string of the molecule is CC1(C)c2cc(-c3ccc4c(c3)c3ccccc3n4-c3ccccc3)ccc2-c2ccc3c(c21)Sc1ccccc1S3. The third kappa shape index (κ3) is 3.41. The third-order valence-electron chi connectivity index (χ3n) is 9.03. The number of benzene rings is 6. The number of hydrogen-bond donors (Lipinski definition) is 0. The van der Waals surface area contributed by atoms with E-state index in [9.17, 15) is 0 Å². The molecular formula is C39H27NS2. The van der Waals surface area contributed by atoms with Crippen molar-refractivity contribution in [3.8, 4) is 27.9 Å². The highest BCUT2D eigenvalue weighted by Gasteiger charge is 2.39. The molecular weight excluding hydrogens is 547 g/mol. The van der Waals surface area contributed by atoms with E-state index < -0.39 is 0 Å². The van der Waals surface area contributed by atoms with Gasteiger partial charge in [-0.1, -0.05) is 110 Å². The molecule has 0 N–H and O–H groups in total. The minimum Gasteiger partial charge on any atom is -0.309 e. The maximum Gasteiger partial charge on any atom is 0.0541 e. The fourth-order valence-electron chi connectivity index (χ4n) is 7.06. The quantitative estimate of drug-likeness (QED) is 0.203. The van der Waals surface area contributed by atoms with Crippen LogP contribution in [0, 0.1) is 0 Å². The van der Waals surface area contributed by atoms with Crippen molar-refractivity contribution in [3.05, 3.63) is 139 Å². The van der Waals surface area contributed by atoms with E-state index in [-0.39, 0.29) is 5.41 Å². The zero-order valence-corrected chi connectivity index (χ0v) is 25.0. The Kier molecular flexibility index (Phi) is 5.18. The van der Waals surface area contributed by atoms with Crippen LogP contribution in [0.2, 0.25) is 0 Å². The lowest BCUT2D eigenvalue weighted by atomic mass is 9.81. The summed E-state index contributed by atoms with van der Waals surface area (Å²) in [5.74, 6) is 0. The number of rotatable bonds is 2. The van der Waals surface area contributed by atoms with Crippen LogP contribution in [0.3, 0.4) is 0 Å². The molecule has 1 aromatic heterocycles. The number of hydrogen-bond acceptors (Lipinski definition) is 2. The molecule has 0 fully saturated rings. The topological polar surface area (TPSA) is 4.93 Å². The Bertz CT molecular complexity index is 2220. The molecule has 1 aliphatic carbocycles. The summed E-state index contributed by atoms with van der Waals surface area (Å²) in [6, 6.07) is 47.0. The Hall–Kier alpha value is -4.18. The number of aromatic nitrogens is 1. The molecule has 0 atom stereocenters. The summed E-state index contributed by atoms with van der Waals surface area (Å²) >= 11 is 3.85. The summed E-state index contributed by atoms with van der Waals surface area (Å²) in [6.45, 7) is 4.81. The summed E-state index contributed by atoms with van der Waals surface area (Å²) in [4.78, 5) is 5.52. The van der Waals surface area contributed by atoms with Gasteiger partial charge in [0.05, 0.1) is 11.0 Å². The smallest absolute Gasteiger partial charge is 0.0541 e. The predicted octanol–water partition coefficient (Wildman–Crippen LogP) is 11.4. The minimum atomic E-state index is -0.0840. The number of fused-ring (bicyclic) bond motifs is 9. The van der Waals surface area contributed by atoms with Crippen molar-refractivity contribution < 1.29 is 0 Å². The van der Waals surface area contributed by atoms with Crippen LogP contribution in [0.25, 0.3) is 49.7 Å². The van der Waals surface area contributed by atoms with Crippen molar-refractivity contribution in [2.45, 2.75) is 38.8 Å². The van der Waals surface area contributed by atoms with Gasteiger partial charge < -0.3 is 4.57 Å². The van der Waals surface area contributed by atoms with Gasteiger partial charge in [0.15, 0.2) is 0 Å². The van der Waals surface area contributed by atoms with E-state index >= 15 is 0 Å². The molecule has 0 unspecified atom stereocenters. The van der Waals surface area contributed by atoms with Crippen molar-refractivity contribution >= 4 is 45.3 Å². The van der Waals surface area contributed by atoms with Gasteiger partial charge in [0, 0.05) is 41.5 Å². The summed E-state index contributed by atoms with van der Waals surface area (Å²) in [6.07, 6.45) is 0. The van der Waals surface area contributed by atoms with Crippen LogP contribution in [0.15, 0.2) is 147 Å². The Labute approximate surface area is 254 Å². The maximum absolute atomic E-state index is 2.45. The number of para-hydroxylation sites is 2. The predicted molar refractivity (Wildman–Crippen MR) is 178 cm³/mol. The fourth-order valence-corrected chi connectivity index (χ4v) is 9.61. The molecule has 0 radical (unpaired) electrons. The molecule has 0 bridgehead atoms. The van der Waals surface area contributed by atoms with E-state index in [4.69, 9.17) is 0 Å². The van der Waals surface area contributed by atoms with Crippen LogP contribution in [0.5, 0.6) is 0 Å². The van der Waals surface area contributed by atoms with Gasteiger partial charge in [-0.3, -0.25) is 0 Å². The second kappa shape index (κ2) is 8.91. The minimum absolute atomic E-state index is 0.0840. The van der Waals surface area contributed by atoms with Gasteiger partial charge in [0.25, 0.3) is 0 Å². The highest BCUT2D eigenvalue weighted by molar-refractivity contribution is 8.05. The van der Waals surface area contributed by atoms with Gasteiger partial charge in [-0.05, 0) is 88.0 Å². The molecule has 0 saturated carbocycles. The first-order chi connectivity index (χ1) is 20.6. The molecule has 0 spiro atoms. The van der Waals surface area contributed by atoms with Gasteiger partial charge >= 0.3 is 0 Å². The van der Waals surface area contributed by atoms with Crippen molar-refractivity contribution in [3.63, 3.8) is 0 Å². The second-order valence-corrected chi connectivity index (χ2v) is 13.9. The largest absolute Gasteiger partial charge is 0.309 e. The average Bonchev–Trinajstić information content (AvgIpc) is 3.48. The van der Waals surface area contributed by atoms with E-state index in [1.165, 1.54) is 80.5 Å². The standard InChI is InChI=1S/C39H27NS2/c1-39(2)31-23-25(16-18-27(31)29-19-21-36-38(37(29)39)42-35-15-9-8-14-34(35)41-36)24-17-20-33-30(22-24)28-12-6-7-13-32(28)40(33)26-10-4-3-5-11-26/h3-23H,1-2H3. The Morgan fingerprint density at radius 1 is 0.524 bits per heavy atom. The van der Waals surface area contributed by atoms with Crippen LogP contribution in [0.4, 0.5) is 0 Å². The monoisotopic (exact) mass is 573 g/mol. The second-order valence-electron chi connectivity index (χ2n) is 11.8. The van der Waals surface area contributed by atoms with Gasteiger partial charge in [-0.2, -0.15) is 0 Å². The zero-order chi connectivity index (χ0) is 28.0. The van der Waals surface area contributed by atoms with E-state index in [0.717, 1.165) is 0 Å². The molecule has 7 aromatic rings. The van der Waals surface area contributed by atoms with Gasteiger partial charge in [0.2, 0.25) is 0 Å². The summed E-state index contributed by atoms with van der Waals surface area (Å²) in [5.41, 5.74) is 11.8. The molecule has 2 aliphatic rings. The lowest BCUT2D eigenvalue weighted by molar-refractivity contribution is 0.642. The van der Waals surface area contributed by atoms with Crippen molar-refractivity contribution in [2.24, 2.45) is 0 Å². The van der Waals surface area contributed by atoms with E-state index in [1.807, 2.05) is 23.5 Å². The molecule has 1 aliphatic heterocycles. The van der Waals surface area contributed by atoms with Crippen LogP contribution in [-0.2, 0) is 5.41 Å². The maximum atomic E-state index is 2.45. The first kappa shape index (κ1) is 24.4. The summed E-state index contributed by atoms with van der Waals surface area (Å²) in [7, 11) is 0. The zero-order valence-electron chi connectivity index (χ0n) is 23.4. The van der Waals surface area contributed by atoms with Crippen LogP contribution < -0.4 is 0 Å². The average molecular weight is 574 g/mol. The van der Waals surface area contributed by atoms with E-state index in [2.05, 4.69) is 146 Å². The Morgan fingerprint density at radius 3 is 2.05 bits per heavy atom. The van der Waals surface area contributed by atoms with E-state index in [1.54, 1.807) is 0 Å². The van der Waals surface area contributed by atoms with Crippen LogP contribution in [0.1, 0.15) is 25.0 Å². The first-order valence-corrected chi connectivity index (χ1v) is 16.1. The van der Waals surface area contributed by atoms with Gasteiger partial charge in [-0.15, -0.1) is 0 Å². The Balaban J connectivity index is 1.18.